The topological polar surface area (TPSA) is 62.7 Å². The molecule has 0 saturated heterocycles. The number of para-hydroxylation sites is 1. The largest absolute Gasteiger partial charge is 0.487 e. The zero-order valence-electron chi connectivity index (χ0n) is 16.0. The third kappa shape index (κ3) is 6.32. The molecule has 3 rings (SSSR count). The van der Waals surface area contributed by atoms with Crippen molar-refractivity contribution in [3.05, 3.63) is 89.5 Å². The quantitative estimate of drug-likeness (QED) is 0.181. The summed E-state index contributed by atoms with van der Waals surface area (Å²) < 4.78 is 7.87. The normalized spacial score (nSPS) is 10.8. The molecule has 5 nitrogen and oxygen atoms in total. The Labute approximate surface area is 207 Å². The van der Waals surface area contributed by atoms with Gasteiger partial charge >= 0.3 is 6.03 Å². The summed E-state index contributed by atoms with van der Waals surface area (Å²) in [6.07, 6.45) is 1.60. The summed E-state index contributed by atoms with van der Waals surface area (Å²) in [6.45, 7) is 2.32. The second-order valence-corrected chi connectivity index (χ2v) is 9.06. The van der Waals surface area contributed by atoms with Gasteiger partial charge in [0.1, 0.15) is 12.4 Å². The molecule has 154 valence electrons. The van der Waals surface area contributed by atoms with E-state index in [1.807, 2.05) is 67.6 Å². The third-order valence-corrected chi connectivity index (χ3v) is 6.09. The molecule has 0 spiro atoms. The lowest BCUT2D eigenvalue weighted by Crippen LogP contribution is -2.24. The van der Waals surface area contributed by atoms with Crippen molar-refractivity contribution in [1.29, 1.82) is 0 Å². The van der Waals surface area contributed by atoms with Crippen molar-refractivity contribution in [2.24, 2.45) is 5.10 Å². The van der Waals surface area contributed by atoms with E-state index in [2.05, 4.69) is 61.0 Å². The van der Waals surface area contributed by atoms with Crippen molar-refractivity contribution in [3.63, 3.8) is 0 Å². The van der Waals surface area contributed by atoms with Crippen molar-refractivity contribution >= 4 is 74.7 Å². The molecule has 2 N–H and O–H groups in total. The van der Waals surface area contributed by atoms with E-state index in [1.54, 1.807) is 6.21 Å². The molecule has 0 radical (unpaired) electrons. The van der Waals surface area contributed by atoms with Crippen LogP contribution in [0.5, 0.6) is 5.75 Å². The van der Waals surface area contributed by atoms with Crippen LogP contribution in [0.2, 0.25) is 5.02 Å². The molecule has 2 amide bonds. The Morgan fingerprint density at radius 2 is 1.77 bits per heavy atom. The van der Waals surface area contributed by atoms with E-state index < -0.39 is 6.03 Å². The van der Waals surface area contributed by atoms with Gasteiger partial charge < -0.3 is 10.1 Å². The van der Waals surface area contributed by atoms with Crippen LogP contribution in [0, 0.1) is 14.1 Å². The fraction of sp³-hybridized carbons (Fsp3) is 0.0909. The van der Waals surface area contributed by atoms with Crippen LogP contribution < -0.4 is 15.5 Å². The van der Waals surface area contributed by atoms with E-state index in [0.717, 1.165) is 35.3 Å². The predicted molar refractivity (Wildman–Crippen MR) is 139 cm³/mol. The summed E-state index contributed by atoms with van der Waals surface area (Å²) >= 11 is 10.6. The molecule has 0 aromatic heterocycles. The minimum absolute atomic E-state index is 0.389. The number of hydrogen-bond acceptors (Lipinski definition) is 3. The van der Waals surface area contributed by atoms with Gasteiger partial charge in [-0.15, -0.1) is 0 Å². The number of benzene rings is 3. The van der Waals surface area contributed by atoms with Crippen LogP contribution in [0.15, 0.2) is 65.8 Å². The highest BCUT2D eigenvalue weighted by molar-refractivity contribution is 14.1. The number of amides is 2. The Kier molecular flexibility index (Phi) is 8.34. The minimum atomic E-state index is -0.398. The molecule has 0 fully saturated rings. The van der Waals surface area contributed by atoms with E-state index in [0.29, 0.717) is 11.6 Å². The Bertz CT molecular complexity index is 1070. The summed E-state index contributed by atoms with van der Waals surface area (Å²) in [4.78, 5) is 12.0. The van der Waals surface area contributed by atoms with Gasteiger partial charge in [-0.05, 0) is 87.5 Å². The van der Waals surface area contributed by atoms with Gasteiger partial charge in [-0.1, -0.05) is 48.0 Å². The number of hydrogen-bond donors (Lipinski definition) is 2. The fourth-order valence-corrected chi connectivity index (χ4v) is 4.90. The molecule has 0 atom stereocenters. The van der Waals surface area contributed by atoms with Crippen LogP contribution in [0.4, 0.5) is 10.5 Å². The highest BCUT2D eigenvalue weighted by atomic mass is 127. The average molecular weight is 646 g/mol. The molecule has 0 saturated carbocycles. The van der Waals surface area contributed by atoms with Crippen LogP contribution >= 0.6 is 56.8 Å². The summed E-state index contributed by atoms with van der Waals surface area (Å²) in [7, 11) is 0. The van der Waals surface area contributed by atoms with E-state index in [4.69, 9.17) is 16.3 Å². The maximum atomic E-state index is 12.0. The van der Waals surface area contributed by atoms with E-state index in [1.165, 1.54) is 0 Å². The first-order chi connectivity index (χ1) is 14.4. The monoisotopic (exact) mass is 645 g/mol. The zero-order chi connectivity index (χ0) is 21.5. The first-order valence-corrected chi connectivity index (χ1v) is 11.5. The number of nitrogens with one attached hydrogen (secondary N) is 2. The van der Waals surface area contributed by atoms with Crippen LogP contribution in [-0.4, -0.2) is 12.2 Å². The van der Waals surface area contributed by atoms with Gasteiger partial charge in [0, 0.05) is 16.3 Å². The first kappa shape index (κ1) is 22.8. The number of urea groups is 1. The molecule has 0 unspecified atom stereocenters. The van der Waals surface area contributed by atoms with Gasteiger partial charge in [0.2, 0.25) is 0 Å². The highest BCUT2D eigenvalue weighted by Crippen LogP contribution is 2.30. The lowest BCUT2D eigenvalue weighted by molar-refractivity contribution is 0.252. The molecular weight excluding hydrogens is 628 g/mol. The van der Waals surface area contributed by atoms with Gasteiger partial charge in [0.05, 0.1) is 13.4 Å². The van der Waals surface area contributed by atoms with Crippen molar-refractivity contribution in [1.82, 2.24) is 5.43 Å². The van der Waals surface area contributed by atoms with Crippen LogP contribution in [0.1, 0.15) is 16.7 Å². The SMILES string of the molecule is Cc1ccccc1NC(=O)NN=Cc1cc(I)c(OCc2ccccc2Cl)c(I)c1. The number of aryl methyl sites for hydroxylation is 1. The molecule has 0 aliphatic carbocycles. The second-order valence-electron chi connectivity index (χ2n) is 6.33. The number of ether oxygens (including phenoxy) is 1. The molecule has 8 heteroatoms. The molecule has 30 heavy (non-hydrogen) atoms. The number of carbonyl (C=O) groups excluding carboxylic acids is 1. The van der Waals surface area contributed by atoms with Crippen LogP contribution in [0.25, 0.3) is 0 Å². The predicted octanol–water partition coefficient (Wildman–Crippen LogP) is 6.59. The molecule has 3 aromatic rings. The van der Waals surface area contributed by atoms with E-state index >= 15 is 0 Å². The number of carbonyl (C=O) groups is 1. The van der Waals surface area contributed by atoms with Gasteiger partial charge in [0.25, 0.3) is 0 Å². The maximum absolute atomic E-state index is 12.0. The number of anilines is 1. The van der Waals surface area contributed by atoms with Crippen molar-refractivity contribution in [2.45, 2.75) is 13.5 Å². The number of halogens is 3. The summed E-state index contributed by atoms with van der Waals surface area (Å²) in [5.74, 6) is 0.790. The Hall–Kier alpha value is -1.85. The van der Waals surface area contributed by atoms with Gasteiger partial charge in [-0.3, -0.25) is 0 Å². The minimum Gasteiger partial charge on any atom is -0.487 e. The fourth-order valence-electron chi connectivity index (χ4n) is 2.59. The number of rotatable bonds is 6. The molecular formula is C22H18ClI2N3O2. The smallest absolute Gasteiger partial charge is 0.339 e. The lowest BCUT2D eigenvalue weighted by Gasteiger charge is -2.12. The molecule has 0 bridgehead atoms. The maximum Gasteiger partial charge on any atom is 0.339 e. The van der Waals surface area contributed by atoms with E-state index in [-0.39, 0.29) is 0 Å². The Balaban J connectivity index is 1.61. The van der Waals surface area contributed by atoms with Crippen molar-refractivity contribution in [3.8, 4) is 5.75 Å². The van der Waals surface area contributed by atoms with E-state index in [9.17, 15) is 4.79 Å². The summed E-state index contributed by atoms with van der Waals surface area (Å²) in [6, 6.07) is 18.6. The zero-order valence-corrected chi connectivity index (χ0v) is 21.0. The van der Waals surface area contributed by atoms with Gasteiger partial charge in [0.15, 0.2) is 0 Å². The number of nitrogens with zero attached hydrogens (tertiary/aromatic N) is 1. The Morgan fingerprint density at radius 1 is 1.10 bits per heavy atom. The van der Waals surface area contributed by atoms with Crippen molar-refractivity contribution in [2.75, 3.05) is 5.32 Å². The molecule has 3 aromatic carbocycles. The standard InChI is InChI=1S/C22H18ClI2N3O2/c1-14-6-2-5-9-20(14)27-22(29)28-26-12-15-10-18(24)21(19(25)11-15)30-13-16-7-3-4-8-17(16)23/h2-12H,13H2,1H3,(H2,27,28,29). The highest BCUT2D eigenvalue weighted by Gasteiger charge is 2.10. The third-order valence-electron chi connectivity index (χ3n) is 4.12. The summed E-state index contributed by atoms with van der Waals surface area (Å²) in [5.41, 5.74) is 5.99. The van der Waals surface area contributed by atoms with Gasteiger partial charge in [-0.25, -0.2) is 10.2 Å². The summed E-state index contributed by atoms with van der Waals surface area (Å²) in [5, 5.41) is 7.48. The average Bonchev–Trinajstić information content (AvgIpc) is 2.70. The van der Waals surface area contributed by atoms with Gasteiger partial charge in [-0.2, -0.15) is 5.10 Å². The van der Waals surface area contributed by atoms with Crippen molar-refractivity contribution < 1.29 is 9.53 Å². The second kappa shape index (κ2) is 11.0. The Morgan fingerprint density at radius 3 is 2.47 bits per heavy atom. The lowest BCUT2D eigenvalue weighted by atomic mass is 10.2. The molecule has 0 heterocycles. The molecule has 0 aliphatic rings. The van der Waals surface area contributed by atoms with Crippen LogP contribution in [-0.2, 0) is 6.61 Å². The number of hydrazone groups is 1. The first-order valence-electron chi connectivity index (χ1n) is 8.95. The van der Waals surface area contributed by atoms with Crippen LogP contribution in [0.3, 0.4) is 0 Å². The molecule has 0 aliphatic heterocycles.